The van der Waals surface area contributed by atoms with Gasteiger partial charge in [-0.1, -0.05) is 79.1 Å². The molecule has 0 aliphatic carbocycles. The topological polar surface area (TPSA) is 57.5 Å². The van der Waals surface area contributed by atoms with Crippen molar-refractivity contribution in [2.45, 2.75) is 115 Å². The zero-order valence-corrected chi connectivity index (χ0v) is 31.1. The van der Waals surface area contributed by atoms with Gasteiger partial charge in [-0.25, -0.2) is 36.1 Å². The first-order chi connectivity index (χ1) is 13.5. The number of carboxylic acid groups (broad SMARTS) is 1. The van der Waals surface area contributed by atoms with Crippen LogP contribution in [0.2, 0.25) is 0 Å². The average molecular weight is 513 g/mol. The van der Waals surface area contributed by atoms with Crippen molar-refractivity contribution in [3.8, 4) is 0 Å². The summed E-state index contributed by atoms with van der Waals surface area (Å²) in [5.41, 5.74) is 0.0598. The molecule has 0 unspecified atom stereocenters. The Hall–Kier alpha value is 0.650. The second-order valence-corrected chi connectivity index (χ2v) is 11.5. The summed E-state index contributed by atoms with van der Waals surface area (Å²) in [4.78, 5) is 11.2. The predicted molar refractivity (Wildman–Crippen MR) is 149 cm³/mol. The van der Waals surface area contributed by atoms with Gasteiger partial charge >= 0.3 is 65.1 Å². The summed E-state index contributed by atoms with van der Waals surface area (Å²) < 4.78 is 0. The van der Waals surface area contributed by atoms with Crippen molar-refractivity contribution in [1.82, 2.24) is 0 Å². The maximum absolute atomic E-state index is 11.2. The van der Waals surface area contributed by atoms with Crippen molar-refractivity contribution < 1.29 is 74.1 Å². The monoisotopic (exact) mass is 512 g/mol. The van der Waals surface area contributed by atoms with Crippen molar-refractivity contribution >= 4 is 5.97 Å². The van der Waals surface area contributed by atoms with Gasteiger partial charge in [0, 0.05) is 0 Å². The van der Waals surface area contributed by atoms with Crippen LogP contribution in [0.5, 0.6) is 0 Å². The van der Waals surface area contributed by atoms with E-state index in [4.69, 9.17) is 0 Å². The fraction of sp³-hybridized carbons (Fsp3) is 0.700. The number of aliphatic carboxylic acids is 1. The summed E-state index contributed by atoms with van der Waals surface area (Å²) in [7, 11) is 0. The Morgan fingerprint density at radius 2 is 0.971 bits per heavy atom. The molecule has 2 N–H and O–H groups in total. The van der Waals surface area contributed by atoms with E-state index in [1.165, 1.54) is 11.5 Å². The van der Waals surface area contributed by atoms with Gasteiger partial charge in [-0.2, -0.15) is 0 Å². The minimum atomic E-state index is -0.783. The van der Waals surface area contributed by atoms with E-state index >= 15 is 0 Å². The van der Waals surface area contributed by atoms with Gasteiger partial charge in [0.25, 0.3) is 0 Å². The maximum Gasteiger partial charge on any atom is 1.00 e. The van der Waals surface area contributed by atoms with Gasteiger partial charge in [0.2, 0.25) is 0 Å². The zero-order chi connectivity index (χ0) is 25.8. The standard InChI is InChI=1S/C15H29O.C13H23O2.2CH3.2Na/c1-10-11(2)12(3)13(4,5)14(6,7)15(8,9)16;1-8-9(2)10(3)12(4,5)13(6,7)11(14)15;;;;/h16H,2,10H2,1,3-9H3;2,8H2,1,3-7H3,(H,14,15);2*1H3;;/q4*-1;2*+1. The molecular weight excluding hydrogens is 454 g/mol. The van der Waals surface area contributed by atoms with Crippen molar-refractivity contribution in [3.63, 3.8) is 0 Å². The van der Waals surface area contributed by atoms with E-state index < -0.39 is 17.0 Å². The van der Waals surface area contributed by atoms with Crippen LogP contribution >= 0.6 is 0 Å². The molecule has 5 heteroatoms. The Morgan fingerprint density at radius 1 is 0.714 bits per heavy atom. The smallest absolute Gasteiger partial charge is 0.481 e. The SMILES string of the molecule is C=C(CC)[C-](C)C(C)(C)C(C)(C)C(=O)O.C=C(CC)[C-](C)C(C)(C)C(C)(C)C(C)(C)O.[CH3-].[CH3-].[Na+].[Na+]. The minimum Gasteiger partial charge on any atom is -0.481 e. The number of hydrogen-bond acceptors (Lipinski definition) is 2. The molecule has 0 aromatic rings. The van der Waals surface area contributed by atoms with Crippen LogP contribution in [-0.2, 0) is 4.79 Å². The van der Waals surface area contributed by atoms with E-state index in [1.807, 2.05) is 41.5 Å². The van der Waals surface area contributed by atoms with Gasteiger partial charge in [-0.3, -0.25) is 4.79 Å². The molecule has 0 rings (SSSR count). The first-order valence-corrected chi connectivity index (χ1v) is 11.5. The van der Waals surface area contributed by atoms with E-state index in [9.17, 15) is 15.0 Å². The van der Waals surface area contributed by atoms with Crippen LogP contribution in [0.1, 0.15) is 110 Å². The fourth-order valence-corrected chi connectivity index (χ4v) is 3.38. The van der Waals surface area contributed by atoms with Crippen LogP contribution in [-0.4, -0.2) is 21.8 Å². The van der Waals surface area contributed by atoms with Crippen LogP contribution in [0.15, 0.2) is 24.3 Å². The van der Waals surface area contributed by atoms with E-state index in [1.54, 1.807) is 13.8 Å². The van der Waals surface area contributed by atoms with Crippen molar-refractivity contribution in [2.24, 2.45) is 21.7 Å². The van der Waals surface area contributed by atoms with E-state index in [-0.39, 0.29) is 90.2 Å². The summed E-state index contributed by atoms with van der Waals surface area (Å²) >= 11 is 0. The first kappa shape index (κ1) is 48.7. The number of carboxylic acids is 1. The molecule has 0 atom stereocenters. The van der Waals surface area contributed by atoms with Crippen molar-refractivity contribution in [3.05, 3.63) is 51.0 Å². The molecule has 3 nitrogen and oxygen atoms in total. The third kappa shape index (κ3) is 11.1. The molecule has 35 heavy (non-hydrogen) atoms. The molecule has 200 valence electrons. The normalized spacial score (nSPS) is 11.6. The zero-order valence-electron chi connectivity index (χ0n) is 27.1. The van der Waals surface area contributed by atoms with Gasteiger partial charge < -0.3 is 25.1 Å². The molecule has 0 radical (unpaired) electrons. The quantitative estimate of drug-likeness (QED) is 0.350. The Balaban J connectivity index is -0.000000108. The predicted octanol–water partition coefficient (Wildman–Crippen LogP) is 2.96. The fourth-order valence-electron chi connectivity index (χ4n) is 3.38. The molecule has 0 spiro atoms. The van der Waals surface area contributed by atoms with Crippen LogP contribution in [0.3, 0.4) is 0 Å². The molecule has 0 aromatic carbocycles. The number of allylic oxidation sites excluding steroid dienone is 2. The molecule has 0 heterocycles. The molecule has 0 saturated heterocycles. The van der Waals surface area contributed by atoms with Crippen molar-refractivity contribution in [2.75, 3.05) is 0 Å². The summed E-state index contributed by atoms with van der Waals surface area (Å²) in [6.45, 7) is 36.3. The van der Waals surface area contributed by atoms with Gasteiger partial charge in [-0.05, 0) is 33.1 Å². The van der Waals surface area contributed by atoms with Crippen LogP contribution in [0.4, 0.5) is 0 Å². The Morgan fingerprint density at radius 3 is 1.17 bits per heavy atom. The van der Waals surface area contributed by atoms with Gasteiger partial charge in [0.15, 0.2) is 0 Å². The molecule has 0 aromatic heterocycles. The van der Waals surface area contributed by atoms with E-state index in [0.717, 1.165) is 24.3 Å². The molecule has 0 aliphatic heterocycles. The Kier molecular flexibility index (Phi) is 24.0. The first-order valence-electron chi connectivity index (χ1n) is 11.5. The molecule has 0 amide bonds. The number of hydrogen-bond donors (Lipinski definition) is 2. The molecule has 0 saturated carbocycles. The van der Waals surface area contributed by atoms with Gasteiger partial charge in [-0.15, -0.1) is 13.8 Å². The summed E-state index contributed by atoms with van der Waals surface area (Å²) in [6.07, 6.45) is 1.84. The second-order valence-electron chi connectivity index (χ2n) is 11.5. The Bertz CT molecular complexity index is 638. The summed E-state index contributed by atoms with van der Waals surface area (Å²) in [5, 5.41) is 19.6. The molecule has 0 bridgehead atoms. The average Bonchev–Trinajstić information content (AvgIpc) is 2.64. The Labute approximate surface area is 266 Å². The van der Waals surface area contributed by atoms with Gasteiger partial charge in [0.1, 0.15) is 0 Å². The van der Waals surface area contributed by atoms with E-state index in [0.29, 0.717) is 0 Å². The minimum absolute atomic E-state index is 0. The third-order valence-electron chi connectivity index (χ3n) is 8.98. The number of carbonyl (C=O) groups is 1. The second kappa shape index (κ2) is 17.3. The van der Waals surface area contributed by atoms with Crippen LogP contribution in [0, 0.1) is 48.3 Å². The number of aliphatic hydroxyl groups is 1. The largest absolute Gasteiger partial charge is 1.00 e. The number of rotatable bonds is 10. The van der Waals surface area contributed by atoms with Crippen molar-refractivity contribution in [1.29, 1.82) is 0 Å². The molecule has 0 aliphatic rings. The molecular formula is C30H58Na2O3-2. The summed E-state index contributed by atoms with van der Waals surface area (Å²) in [6, 6.07) is 0. The van der Waals surface area contributed by atoms with Gasteiger partial charge in [0.05, 0.1) is 11.0 Å². The summed E-state index contributed by atoms with van der Waals surface area (Å²) in [5.74, 6) is 1.61. The third-order valence-corrected chi connectivity index (χ3v) is 8.98. The van der Waals surface area contributed by atoms with Crippen LogP contribution < -0.4 is 59.1 Å². The van der Waals surface area contributed by atoms with Crippen LogP contribution in [0.25, 0.3) is 0 Å². The molecule has 0 fully saturated rings. The maximum atomic E-state index is 11.2. The van der Waals surface area contributed by atoms with E-state index in [2.05, 4.69) is 54.7 Å².